The second-order valence-corrected chi connectivity index (χ2v) is 8.45. The first-order valence-electron chi connectivity index (χ1n) is 9.10. The Hall–Kier alpha value is -0.840. The maximum atomic E-state index is 6.03. The van der Waals surface area contributed by atoms with Gasteiger partial charge in [0, 0.05) is 35.4 Å². The van der Waals surface area contributed by atoms with Crippen molar-refractivity contribution in [2.75, 3.05) is 11.9 Å². The van der Waals surface area contributed by atoms with E-state index in [9.17, 15) is 0 Å². The summed E-state index contributed by atoms with van der Waals surface area (Å²) in [6.07, 6.45) is 6.43. The predicted octanol–water partition coefficient (Wildman–Crippen LogP) is 4.67. The maximum Gasteiger partial charge on any atom is 0.170 e. The zero-order valence-electron chi connectivity index (χ0n) is 14.6. The van der Waals surface area contributed by atoms with Crippen LogP contribution in [0.15, 0.2) is 24.3 Å². The number of hydrogen-bond donors (Lipinski definition) is 2. The summed E-state index contributed by atoms with van der Waals surface area (Å²) < 4.78 is 0. The molecule has 2 bridgehead atoms. The van der Waals surface area contributed by atoms with Crippen LogP contribution in [0.1, 0.15) is 46.0 Å². The van der Waals surface area contributed by atoms with Crippen LogP contribution in [0, 0.1) is 5.92 Å². The molecule has 0 aliphatic carbocycles. The summed E-state index contributed by atoms with van der Waals surface area (Å²) in [4.78, 5) is 2.76. The highest BCUT2D eigenvalue weighted by Crippen LogP contribution is 2.34. The summed E-state index contributed by atoms with van der Waals surface area (Å²) >= 11 is 11.5. The average molecular weight is 366 g/mol. The van der Waals surface area contributed by atoms with Crippen LogP contribution in [0.4, 0.5) is 5.69 Å². The van der Waals surface area contributed by atoms with E-state index in [2.05, 4.69) is 29.4 Å². The molecule has 0 radical (unpaired) electrons. The van der Waals surface area contributed by atoms with Crippen molar-refractivity contribution in [2.45, 2.75) is 64.1 Å². The fraction of sp³-hybridized carbons (Fsp3) is 0.632. The quantitative estimate of drug-likeness (QED) is 0.758. The van der Waals surface area contributed by atoms with Crippen molar-refractivity contribution < 1.29 is 0 Å². The van der Waals surface area contributed by atoms with Crippen molar-refractivity contribution in [3.63, 3.8) is 0 Å². The van der Waals surface area contributed by atoms with Gasteiger partial charge in [-0.25, -0.2) is 0 Å². The molecule has 0 aromatic heterocycles. The Labute approximate surface area is 156 Å². The number of nitrogens with one attached hydrogen (secondary N) is 2. The minimum Gasteiger partial charge on any atom is -0.360 e. The third-order valence-electron chi connectivity index (χ3n) is 5.12. The number of nitrogens with zero attached hydrogens (tertiary/aromatic N) is 1. The highest BCUT2D eigenvalue weighted by atomic mass is 35.5. The average Bonchev–Trinajstić information content (AvgIpc) is 2.47. The molecule has 3 nitrogen and oxygen atoms in total. The number of rotatable bonds is 4. The molecule has 0 spiro atoms. The molecule has 2 fully saturated rings. The number of halogens is 1. The maximum absolute atomic E-state index is 6.03. The summed E-state index contributed by atoms with van der Waals surface area (Å²) in [6.45, 7) is 5.88. The third kappa shape index (κ3) is 4.62. The third-order valence-corrected chi connectivity index (χ3v) is 5.57. The zero-order chi connectivity index (χ0) is 17.1. The molecule has 0 amide bonds. The number of thiocarbonyl (C=S) groups is 1. The van der Waals surface area contributed by atoms with Gasteiger partial charge in [0.15, 0.2) is 5.11 Å². The SMILES string of the molecule is CC(C)CN1[C@H]2CCC[C@H]1CC(NC(=S)Nc1cccc(Cl)c1)C2. The lowest BCUT2D eigenvalue weighted by atomic mass is 9.81. The van der Waals surface area contributed by atoms with Gasteiger partial charge in [-0.3, -0.25) is 4.90 Å². The first-order valence-corrected chi connectivity index (χ1v) is 9.88. The molecule has 1 aromatic rings. The standard InChI is InChI=1S/C19H28ClN3S/c1-13(2)12-23-17-7-4-8-18(23)11-16(10-17)22-19(24)21-15-6-3-5-14(20)9-15/h3,5-6,9,13,16-18H,4,7-8,10-12H2,1-2H3,(H2,21,22,24)/t17-,18-/m0/s1. The van der Waals surface area contributed by atoms with Crippen LogP contribution < -0.4 is 10.6 Å². The van der Waals surface area contributed by atoms with E-state index >= 15 is 0 Å². The smallest absolute Gasteiger partial charge is 0.170 e. The monoisotopic (exact) mass is 365 g/mol. The molecule has 1 aromatic carbocycles. The van der Waals surface area contributed by atoms with Gasteiger partial charge in [0.2, 0.25) is 0 Å². The van der Waals surface area contributed by atoms with Crippen molar-refractivity contribution in [1.82, 2.24) is 10.2 Å². The number of fused-ring (bicyclic) bond motifs is 2. The molecule has 2 N–H and O–H groups in total. The van der Waals surface area contributed by atoms with Gasteiger partial charge in [0.05, 0.1) is 0 Å². The van der Waals surface area contributed by atoms with E-state index in [1.165, 1.54) is 38.6 Å². The molecule has 0 unspecified atom stereocenters. The predicted molar refractivity (Wildman–Crippen MR) is 107 cm³/mol. The Balaban J connectivity index is 1.56. The van der Waals surface area contributed by atoms with Gasteiger partial charge in [-0.15, -0.1) is 0 Å². The van der Waals surface area contributed by atoms with Crippen molar-refractivity contribution in [2.24, 2.45) is 5.92 Å². The van der Waals surface area contributed by atoms with Crippen molar-refractivity contribution in [3.05, 3.63) is 29.3 Å². The van der Waals surface area contributed by atoms with Crippen molar-refractivity contribution >= 4 is 34.6 Å². The second-order valence-electron chi connectivity index (χ2n) is 7.61. The van der Waals surface area contributed by atoms with Crippen LogP contribution in [0.3, 0.4) is 0 Å². The van der Waals surface area contributed by atoms with Crippen LogP contribution in [0.25, 0.3) is 0 Å². The van der Waals surface area contributed by atoms with E-state index in [4.69, 9.17) is 23.8 Å². The fourth-order valence-corrected chi connectivity index (χ4v) is 4.71. The van der Waals surface area contributed by atoms with E-state index in [-0.39, 0.29) is 0 Å². The van der Waals surface area contributed by atoms with Gasteiger partial charge in [0.1, 0.15) is 0 Å². The van der Waals surface area contributed by atoms with Crippen LogP contribution in [0.2, 0.25) is 5.02 Å². The Kier molecular flexibility index (Phi) is 6.01. The van der Waals surface area contributed by atoms with Crippen LogP contribution in [-0.2, 0) is 0 Å². The molecular weight excluding hydrogens is 338 g/mol. The fourth-order valence-electron chi connectivity index (χ4n) is 4.23. The molecule has 24 heavy (non-hydrogen) atoms. The molecule has 0 saturated carbocycles. The topological polar surface area (TPSA) is 27.3 Å². The molecule has 2 aliphatic heterocycles. The highest BCUT2D eigenvalue weighted by molar-refractivity contribution is 7.80. The molecule has 2 aliphatic rings. The normalized spacial score (nSPS) is 27.1. The number of hydrogen-bond acceptors (Lipinski definition) is 2. The molecule has 2 heterocycles. The number of anilines is 1. The Morgan fingerprint density at radius 2 is 2.00 bits per heavy atom. The first kappa shape index (κ1) is 18.0. The lowest BCUT2D eigenvalue weighted by Gasteiger charge is -2.49. The lowest BCUT2D eigenvalue weighted by molar-refractivity contribution is 0.0191. The molecule has 2 atom stereocenters. The first-order chi connectivity index (χ1) is 11.5. The Bertz CT molecular complexity index is 563. The van der Waals surface area contributed by atoms with Crippen molar-refractivity contribution in [1.29, 1.82) is 0 Å². The summed E-state index contributed by atoms with van der Waals surface area (Å²) in [5, 5.41) is 8.23. The van der Waals surface area contributed by atoms with Gasteiger partial charge >= 0.3 is 0 Å². The van der Waals surface area contributed by atoms with Gasteiger partial charge < -0.3 is 10.6 Å². The van der Waals surface area contributed by atoms with Gasteiger partial charge in [-0.05, 0) is 62.0 Å². The van der Waals surface area contributed by atoms with Gasteiger partial charge in [-0.1, -0.05) is 37.9 Å². The number of piperidine rings is 2. The molecular formula is C19H28ClN3S. The summed E-state index contributed by atoms with van der Waals surface area (Å²) in [5.41, 5.74) is 0.942. The van der Waals surface area contributed by atoms with E-state index in [0.29, 0.717) is 23.2 Å². The molecule has 2 saturated heterocycles. The lowest BCUT2D eigenvalue weighted by Crippen LogP contribution is -2.58. The van der Waals surface area contributed by atoms with Gasteiger partial charge in [0.25, 0.3) is 0 Å². The van der Waals surface area contributed by atoms with E-state index in [0.717, 1.165) is 16.6 Å². The number of benzene rings is 1. The molecule has 5 heteroatoms. The zero-order valence-corrected chi connectivity index (χ0v) is 16.2. The Morgan fingerprint density at radius 3 is 2.62 bits per heavy atom. The summed E-state index contributed by atoms with van der Waals surface area (Å²) in [5.74, 6) is 0.739. The molecule has 132 valence electrons. The van der Waals surface area contributed by atoms with Gasteiger partial charge in [-0.2, -0.15) is 0 Å². The minimum atomic E-state index is 0.475. The summed E-state index contributed by atoms with van der Waals surface area (Å²) in [7, 11) is 0. The van der Waals surface area contributed by atoms with Crippen LogP contribution in [-0.4, -0.2) is 34.7 Å². The minimum absolute atomic E-state index is 0.475. The molecule has 3 rings (SSSR count). The Morgan fingerprint density at radius 1 is 1.29 bits per heavy atom. The van der Waals surface area contributed by atoms with Crippen LogP contribution >= 0.6 is 23.8 Å². The summed E-state index contributed by atoms with van der Waals surface area (Å²) in [6, 6.07) is 9.59. The van der Waals surface area contributed by atoms with E-state index < -0.39 is 0 Å². The van der Waals surface area contributed by atoms with E-state index in [1.54, 1.807) is 0 Å². The van der Waals surface area contributed by atoms with Crippen LogP contribution in [0.5, 0.6) is 0 Å². The second kappa shape index (κ2) is 8.03. The van der Waals surface area contributed by atoms with Crippen molar-refractivity contribution in [3.8, 4) is 0 Å². The van der Waals surface area contributed by atoms with E-state index in [1.807, 2.05) is 24.3 Å². The largest absolute Gasteiger partial charge is 0.360 e. The highest BCUT2D eigenvalue weighted by Gasteiger charge is 2.38.